The van der Waals surface area contributed by atoms with Gasteiger partial charge < -0.3 is 9.52 Å². The molecule has 0 saturated heterocycles. The van der Waals surface area contributed by atoms with E-state index < -0.39 is 10.9 Å². The fraction of sp³-hybridized carbons (Fsp3) is 0.154. The summed E-state index contributed by atoms with van der Waals surface area (Å²) < 4.78 is 5.35. The van der Waals surface area contributed by atoms with Crippen molar-refractivity contribution in [3.05, 3.63) is 57.5 Å². The molecule has 0 bridgehead atoms. The zero-order valence-electron chi connectivity index (χ0n) is 10.5. The van der Waals surface area contributed by atoms with E-state index in [9.17, 15) is 14.9 Å². The number of carboxylic acid groups (broad SMARTS) is 1. The van der Waals surface area contributed by atoms with Crippen LogP contribution in [0.4, 0.5) is 5.69 Å². The highest BCUT2D eigenvalue weighted by Gasteiger charge is 2.13. The lowest BCUT2D eigenvalue weighted by Crippen LogP contribution is -1.94. The van der Waals surface area contributed by atoms with Crippen molar-refractivity contribution in [1.29, 1.82) is 0 Å². The van der Waals surface area contributed by atoms with Crippen LogP contribution in [0.1, 0.15) is 21.9 Å². The molecule has 20 heavy (non-hydrogen) atoms. The van der Waals surface area contributed by atoms with Gasteiger partial charge in [0.1, 0.15) is 17.1 Å². The predicted octanol–water partition coefficient (Wildman–Crippen LogP) is 3.49. The Labute approximate surface area is 118 Å². The van der Waals surface area contributed by atoms with Gasteiger partial charge in [0.05, 0.1) is 10.7 Å². The number of aromatic carboxylic acids is 1. The largest absolute Gasteiger partial charge is 0.478 e. The number of nitrogens with zero attached hydrogens (tertiary/aromatic N) is 1. The van der Waals surface area contributed by atoms with E-state index in [0.717, 1.165) is 4.90 Å². The number of benzene rings is 1. The lowest BCUT2D eigenvalue weighted by molar-refractivity contribution is -0.384. The summed E-state index contributed by atoms with van der Waals surface area (Å²) in [6, 6.07) is 7.65. The monoisotopic (exact) mass is 293 g/mol. The summed E-state index contributed by atoms with van der Waals surface area (Å²) in [5.74, 6) is 0.379. The standard InChI is InChI=1S/C13H11NO5S/c1-8-12(13(15)16)6-10(19-8)7-20-11-4-2-9(3-5-11)14(17)18/h2-6H,7H2,1H3,(H,15,16). The number of nitro groups is 1. The van der Waals surface area contributed by atoms with Gasteiger partial charge in [-0.25, -0.2) is 4.79 Å². The quantitative estimate of drug-likeness (QED) is 0.515. The molecule has 1 aromatic carbocycles. The third kappa shape index (κ3) is 3.18. The lowest BCUT2D eigenvalue weighted by Gasteiger charge is -1.99. The molecule has 0 aliphatic rings. The molecule has 0 atom stereocenters. The van der Waals surface area contributed by atoms with Gasteiger partial charge in [-0.3, -0.25) is 10.1 Å². The fourth-order valence-electron chi connectivity index (χ4n) is 1.65. The molecular weight excluding hydrogens is 282 g/mol. The molecular formula is C13H11NO5S. The van der Waals surface area contributed by atoms with E-state index in [1.54, 1.807) is 19.1 Å². The highest BCUT2D eigenvalue weighted by molar-refractivity contribution is 7.98. The first-order chi connectivity index (χ1) is 9.47. The van der Waals surface area contributed by atoms with E-state index >= 15 is 0 Å². The maximum Gasteiger partial charge on any atom is 0.339 e. The number of carbonyl (C=O) groups is 1. The summed E-state index contributed by atoms with van der Waals surface area (Å²) in [6.07, 6.45) is 0. The maximum absolute atomic E-state index is 10.9. The molecule has 0 aliphatic heterocycles. The third-order valence-corrected chi connectivity index (χ3v) is 3.66. The topological polar surface area (TPSA) is 93.6 Å². The second kappa shape index (κ2) is 5.79. The van der Waals surface area contributed by atoms with Crippen molar-refractivity contribution < 1.29 is 19.2 Å². The molecule has 0 fully saturated rings. The van der Waals surface area contributed by atoms with Gasteiger partial charge in [0.15, 0.2) is 0 Å². The van der Waals surface area contributed by atoms with Crippen LogP contribution in [0.3, 0.4) is 0 Å². The van der Waals surface area contributed by atoms with Crippen molar-refractivity contribution >= 4 is 23.4 Å². The van der Waals surface area contributed by atoms with Gasteiger partial charge in [-0.1, -0.05) is 0 Å². The second-order valence-corrected chi connectivity index (χ2v) is 5.08. The van der Waals surface area contributed by atoms with Gasteiger partial charge >= 0.3 is 5.97 Å². The summed E-state index contributed by atoms with van der Waals surface area (Å²) in [5, 5.41) is 19.4. The summed E-state index contributed by atoms with van der Waals surface area (Å²) in [5.41, 5.74) is 0.195. The average molecular weight is 293 g/mol. The number of hydrogen-bond donors (Lipinski definition) is 1. The SMILES string of the molecule is Cc1oc(CSc2ccc([N+](=O)[O-])cc2)cc1C(=O)O. The first kappa shape index (κ1) is 14.1. The van der Waals surface area contributed by atoms with Crippen LogP contribution in [0.5, 0.6) is 0 Å². The third-order valence-electron chi connectivity index (χ3n) is 2.63. The van der Waals surface area contributed by atoms with Crippen LogP contribution in [0.2, 0.25) is 0 Å². The molecule has 0 radical (unpaired) electrons. The Morgan fingerprint density at radius 3 is 2.55 bits per heavy atom. The Morgan fingerprint density at radius 1 is 1.40 bits per heavy atom. The van der Waals surface area contributed by atoms with E-state index in [1.807, 2.05) is 0 Å². The van der Waals surface area contributed by atoms with E-state index in [0.29, 0.717) is 17.3 Å². The molecule has 1 aromatic heterocycles. The number of carboxylic acids is 1. The van der Waals surface area contributed by atoms with Crippen LogP contribution >= 0.6 is 11.8 Å². The number of non-ortho nitro benzene ring substituents is 1. The van der Waals surface area contributed by atoms with E-state index in [2.05, 4.69) is 0 Å². The number of thioether (sulfide) groups is 1. The van der Waals surface area contributed by atoms with Crippen molar-refractivity contribution in [2.24, 2.45) is 0 Å². The van der Waals surface area contributed by atoms with Crippen molar-refractivity contribution in [3.63, 3.8) is 0 Å². The Morgan fingerprint density at radius 2 is 2.05 bits per heavy atom. The number of hydrogen-bond acceptors (Lipinski definition) is 5. The maximum atomic E-state index is 10.9. The highest BCUT2D eigenvalue weighted by atomic mass is 32.2. The highest BCUT2D eigenvalue weighted by Crippen LogP contribution is 2.26. The molecule has 0 saturated carbocycles. The minimum atomic E-state index is -1.02. The van der Waals surface area contributed by atoms with Gasteiger partial charge in [-0.05, 0) is 25.1 Å². The van der Waals surface area contributed by atoms with Gasteiger partial charge in [0, 0.05) is 17.0 Å². The van der Waals surface area contributed by atoms with Crippen molar-refractivity contribution in [3.8, 4) is 0 Å². The average Bonchev–Trinajstić information content (AvgIpc) is 2.78. The number of nitro benzene ring substituents is 1. The second-order valence-electron chi connectivity index (χ2n) is 4.03. The summed E-state index contributed by atoms with van der Waals surface area (Å²) in [4.78, 5) is 21.8. The molecule has 2 rings (SSSR count). The molecule has 1 heterocycles. The summed E-state index contributed by atoms with van der Waals surface area (Å²) in [7, 11) is 0. The summed E-state index contributed by atoms with van der Waals surface area (Å²) in [6.45, 7) is 1.60. The smallest absolute Gasteiger partial charge is 0.339 e. The van der Waals surface area contributed by atoms with Crippen molar-refractivity contribution in [2.45, 2.75) is 17.6 Å². The van der Waals surface area contributed by atoms with Gasteiger partial charge in [0.25, 0.3) is 5.69 Å². The predicted molar refractivity (Wildman–Crippen MR) is 73.1 cm³/mol. The van der Waals surface area contributed by atoms with Gasteiger partial charge in [0.2, 0.25) is 0 Å². The van der Waals surface area contributed by atoms with Crippen LogP contribution in [0, 0.1) is 17.0 Å². The zero-order valence-corrected chi connectivity index (χ0v) is 11.3. The molecule has 0 spiro atoms. The number of aryl methyl sites for hydroxylation is 1. The first-order valence-electron chi connectivity index (χ1n) is 5.67. The Hall–Kier alpha value is -2.28. The fourth-order valence-corrected chi connectivity index (χ4v) is 2.43. The number of rotatable bonds is 5. The molecule has 0 amide bonds. The van der Waals surface area contributed by atoms with Gasteiger partial charge in [-0.15, -0.1) is 11.8 Å². The molecule has 104 valence electrons. The van der Waals surface area contributed by atoms with E-state index in [-0.39, 0.29) is 11.3 Å². The first-order valence-corrected chi connectivity index (χ1v) is 6.66. The van der Waals surface area contributed by atoms with Gasteiger partial charge in [-0.2, -0.15) is 0 Å². The van der Waals surface area contributed by atoms with Crippen LogP contribution in [0.15, 0.2) is 39.6 Å². The Balaban J connectivity index is 2.03. The Bertz CT molecular complexity index is 647. The van der Waals surface area contributed by atoms with Crippen LogP contribution in [0.25, 0.3) is 0 Å². The van der Waals surface area contributed by atoms with E-state index in [4.69, 9.17) is 9.52 Å². The molecule has 2 aromatic rings. The lowest BCUT2D eigenvalue weighted by atomic mass is 10.2. The summed E-state index contributed by atoms with van der Waals surface area (Å²) >= 11 is 1.42. The van der Waals surface area contributed by atoms with E-state index in [1.165, 1.54) is 30.0 Å². The minimum Gasteiger partial charge on any atom is -0.478 e. The minimum absolute atomic E-state index is 0.0383. The van der Waals surface area contributed by atoms with Crippen molar-refractivity contribution in [2.75, 3.05) is 0 Å². The molecule has 7 heteroatoms. The molecule has 0 aliphatic carbocycles. The molecule has 6 nitrogen and oxygen atoms in total. The zero-order chi connectivity index (χ0) is 14.7. The number of furan rings is 1. The van der Waals surface area contributed by atoms with Crippen LogP contribution in [-0.4, -0.2) is 16.0 Å². The van der Waals surface area contributed by atoms with Crippen molar-refractivity contribution in [1.82, 2.24) is 0 Å². The van der Waals surface area contributed by atoms with Crippen LogP contribution < -0.4 is 0 Å². The van der Waals surface area contributed by atoms with Crippen LogP contribution in [-0.2, 0) is 5.75 Å². The molecule has 0 unspecified atom stereocenters. The normalized spacial score (nSPS) is 10.4. The molecule has 1 N–H and O–H groups in total. The Kier molecular flexibility index (Phi) is 4.09.